The molecule has 0 radical (unpaired) electrons. The predicted octanol–water partition coefficient (Wildman–Crippen LogP) is 3.93. The number of aromatic nitrogens is 8. The lowest BCUT2D eigenvalue weighted by molar-refractivity contribution is -0.0592. The molecule has 5 aromatic rings. The smallest absolute Gasteiger partial charge is 0.408 e. The Balaban J connectivity index is 1.20. The highest BCUT2D eigenvalue weighted by Gasteiger charge is 2.55. The number of halogens is 1. The van der Waals surface area contributed by atoms with Crippen LogP contribution in [0.2, 0.25) is 18.1 Å². The Bertz CT molecular complexity index is 2610. The maximum Gasteiger partial charge on any atom is 0.475 e. The zero-order chi connectivity index (χ0) is 45.3. The number of aliphatic hydroxyl groups is 1. The number of imidazole rings is 2. The SMILES string of the molecule is CC(C)(C)[Si](C)(C)O[C@@H]1C(COP(=O)(OCCC#N)O[C@@H]2C(CO)OC(n3cnc4c(=O)[nH]cnc43)[C@@H]2F)OC(n2cnc3c(NC(=O)c4ccccc4)ncnc32)[C@@H]1O[PH](=O)O. The second-order valence-electron chi connectivity index (χ2n) is 15.9. The minimum absolute atomic E-state index is 0.0401. The standard InChI is InChI=1S/C36H45FN10O13P2Si/c1-36(2,3)63(4,5)60-27-22(57-35(28(27)58-61(51)52)47-18-43-24-29(39-16-40-30(24)47)45-32(49)20-10-7-6-8-11-20)15-55-62(53,54-13-9-12-38)59-26-21(14-48)56-34(23(26)37)46-19-44-25-31(46)41-17-42-33(25)50/h6-8,10-11,16-19,21-23,26-28,34-35,48,61H,9,13-15H2,1-5H3,(H,51,52)(H,41,42,50)(H,39,40,45,49)/t21?,22?,23-,26-,27-,28-,34?,35?,62?/m1/s1. The Kier molecular flexibility index (Phi) is 13.8. The van der Waals surface area contributed by atoms with Gasteiger partial charge in [-0.25, -0.2) is 33.9 Å². The van der Waals surface area contributed by atoms with Crippen molar-refractivity contribution in [1.82, 2.24) is 39.0 Å². The molecule has 4 N–H and O–H groups in total. The van der Waals surface area contributed by atoms with Gasteiger partial charge in [-0.3, -0.25) is 41.4 Å². The van der Waals surface area contributed by atoms with Gasteiger partial charge < -0.3 is 34.2 Å². The first kappa shape index (κ1) is 46.3. The third-order valence-corrected chi connectivity index (χ3v) is 17.3. The summed E-state index contributed by atoms with van der Waals surface area (Å²) in [7, 11) is -11.5. The number of phosphoric acid groups is 1. The van der Waals surface area contributed by atoms with Gasteiger partial charge in [0.05, 0.1) is 51.3 Å². The van der Waals surface area contributed by atoms with Gasteiger partial charge in [-0.15, -0.1) is 0 Å². The number of nitrogens with one attached hydrogen (secondary N) is 2. The number of fused-ring (bicyclic) bond motifs is 2. The van der Waals surface area contributed by atoms with E-state index >= 15 is 4.39 Å². The van der Waals surface area contributed by atoms with Crippen molar-refractivity contribution in [2.24, 2.45) is 0 Å². The number of phosphoric ester groups is 1. The van der Waals surface area contributed by atoms with Gasteiger partial charge >= 0.3 is 16.1 Å². The monoisotopic (exact) mass is 934 g/mol. The Morgan fingerprint density at radius 2 is 1.70 bits per heavy atom. The molecule has 23 nitrogen and oxygen atoms in total. The van der Waals surface area contributed by atoms with Crippen LogP contribution in [-0.2, 0) is 41.1 Å². The summed E-state index contributed by atoms with van der Waals surface area (Å²) < 4.78 is 87.8. The zero-order valence-electron chi connectivity index (χ0n) is 34.4. The maximum atomic E-state index is 16.4. The number of nitrogens with zero attached hydrogens (tertiary/aromatic N) is 8. The molecule has 0 saturated carbocycles. The van der Waals surface area contributed by atoms with Gasteiger partial charge in [-0.2, -0.15) is 5.26 Å². The average Bonchev–Trinajstić information content (AvgIpc) is 4.02. The van der Waals surface area contributed by atoms with Crippen molar-refractivity contribution in [3.63, 3.8) is 0 Å². The summed E-state index contributed by atoms with van der Waals surface area (Å²) in [6.07, 6.45) is -7.81. The first-order valence-corrected chi connectivity index (χ1v) is 25.1. The minimum atomic E-state index is -4.95. The highest BCUT2D eigenvalue weighted by molar-refractivity contribution is 7.48. The molecule has 2 aliphatic heterocycles. The van der Waals surface area contributed by atoms with Crippen molar-refractivity contribution in [1.29, 1.82) is 5.26 Å². The van der Waals surface area contributed by atoms with Gasteiger partial charge in [-0.1, -0.05) is 39.0 Å². The molecule has 338 valence electrons. The second-order valence-corrected chi connectivity index (χ2v) is 23.1. The van der Waals surface area contributed by atoms with Gasteiger partial charge in [0.15, 0.2) is 55.1 Å². The lowest BCUT2D eigenvalue weighted by Gasteiger charge is -2.40. The molecule has 2 fully saturated rings. The van der Waals surface area contributed by atoms with Crippen molar-refractivity contribution in [3.05, 3.63) is 71.6 Å². The van der Waals surface area contributed by atoms with Crippen LogP contribution in [0.3, 0.4) is 0 Å². The maximum absolute atomic E-state index is 16.4. The molecule has 10 atom stereocenters. The molecule has 6 heterocycles. The van der Waals surface area contributed by atoms with Crippen LogP contribution in [-0.4, -0.2) is 120 Å². The number of hydrogen-bond acceptors (Lipinski definition) is 18. The van der Waals surface area contributed by atoms with E-state index in [2.05, 4.69) is 35.2 Å². The first-order chi connectivity index (χ1) is 29.9. The van der Waals surface area contributed by atoms with E-state index in [1.165, 1.54) is 17.2 Å². The lowest BCUT2D eigenvalue weighted by atomic mass is 10.1. The highest BCUT2D eigenvalue weighted by atomic mass is 31.2. The molecule has 1 amide bonds. The van der Waals surface area contributed by atoms with Gasteiger partial charge in [-0.05, 0) is 30.3 Å². The quantitative estimate of drug-likeness (QED) is 0.0583. The predicted molar refractivity (Wildman–Crippen MR) is 220 cm³/mol. The zero-order valence-corrected chi connectivity index (χ0v) is 37.3. The molecule has 0 bridgehead atoms. The van der Waals surface area contributed by atoms with Gasteiger partial charge in [0, 0.05) is 5.56 Å². The molecule has 63 heavy (non-hydrogen) atoms. The fourth-order valence-corrected chi connectivity index (χ4v) is 9.92. The molecular weight excluding hydrogens is 889 g/mol. The van der Waals surface area contributed by atoms with Crippen molar-refractivity contribution in [2.75, 3.05) is 25.1 Å². The molecule has 0 aliphatic carbocycles. The number of rotatable bonds is 17. The number of H-pyrrole nitrogens is 1. The number of aliphatic hydroxyl groups excluding tert-OH is 1. The summed E-state index contributed by atoms with van der Waals surface area (Å²) in [6, 6.07) is 10.2. The number of hydrogen-bond donors (Lipinski definition) is 4. The van der Waals surface area contributed by atoms with E-state index in [1.54, 1.807) is 30.3 Å². The van der Waals surface area contributed by atoms with Gasteiger partial charge in [0.1, 0.15) is 36.8 Å². The normalized spacial score (nSPS) is 25.6. The molecule has 2 saturated heterocycles. The number of nitriles is 1. The number of aromatic amines is 1. The number of carbonyl (C=O) groups excluding carboxylic acids is 1. The van der Waals surface area contributed by atoms with E-state index in [0.29, 0.717) is 5.56 Å². The summed E-state index contributed by atoms with van der Waals surface area (Å²) in [5, 5.41) is 21.8. The lowest BCUT2D eigenvalue weighted by Crippen LogP contribution is -2.50. The fraction of sp³-hybridized carbons (Fsp3) is 0.500. The van der Waals surface area contributed by atoms with Crippen LogP contribution < -0.4 is 10.9 Å². The molecular formula is C36H45FN10O13P2Si. The Hall–Kier alpha value is -4.67. The van der Waals surface area contributed by atoms with Crippen LogP contribution in [0.1, 0.15) is 50.0 Å². The van der Waals surface area contributed by atoms with E-state index < -0.39 is 110 Å². The summed E-state index contributed by atoms with van der Waals surface area (Å²) in [4.78, 5) is 59.0. The van der Waals surface area contributed by atoms with Crippen LogP contribution in [0.4, 0.5) is 10.2 Å². The Morgan fingerprint density at radius 3 is 2.38 bits per heavy atom. The van der Waals surface area contributed by atoms with Crippen molar-refractivity contribution in [2.45, 2.75) is 94.5 Å². The first-order valence-electron chi connectivity index (χ1n) is 19.5. The Labute approximate surface area is 359 Å². The van der Waals surface area contributed by atoms with Crippen LogP contribution >= 0.6 is 16.1 Å². The molecule has 4 aromatic heterocycles. The Morgan fingerprint density at radius 1 is 1.02 bits per heavy atom. The van der Waals surface area contributed by atoms with Crippen molar-refractivity contribution >= 4 is 58.4 Å². The van der Waals surface area contributed by atoms with E-state index in [1.807, 2.05) is 39.9 Å². The van der Waals surface area contributed by atoms with Crippen LogP contribution in [0.5, 0.6) is 0 Å². The molecule has 6 unspecified atom stereocenters. The third kappa shape index (κ3) is 9.73. The second kappa shape index (κ2) is 18.8. The van der Waals surface area contributed by atoms with E-state index in [-0.39, 0.29) is 34.6 Å². The van der Waals surface area contributed by atoms with E-state index in [0.717, 1.165) is 17.2 Å². The number of anilines is 1. The number of amides is 1. The highest BCUT2D eigenvalue weighted by Crippen LogP contribution is 2.55. The molecule has 7 rings (SSSR count). The minimum Gasteiger partial charge on any atom is -0.408 e. The summed E-state index contributed by atoms with van der Waals surface area (Å²) in [5.74, 6) is -0.420. The fourth-order valence-electron chi connectivity index (χ4n) is 6.72. The van der Waals surface area contributed by atoms with Crippen molar-refractivity contribution < 1.29 is 60.3 Å². The molecule has 2 aliphatic rings. The van der Waals surface area contributed by atoms with Crippen LogP contribution in [0.25, 0.3) is 22.3 Å². The number of alkyl halides is 1. The number of ether oxygens (including phenoxy) is 2. The van der Waals surface area contributed by atoms with Crippen LogP contribution in [0.15, 0.2) is 60.4 Å². The van der Waals surface area contributed by atoms with Crippen molar-refractivity contribution in [3.8, 4) is 6.07 Å². The summed E-state index contributed by atoms with van der Waals surface area (Å²) >= 11 is 0. The molecule has 27 heteroatoms. The van der Waals surface area contributed by atoms with Gasteiger partial charge in [0.25, 0.3) is 11.5 Å². The molecule has 1 aromatic carbocycles. The van der Waals surface area contributed by atoms with E-state index in [9.17, 15) is 34.0 Å². The third-order valence-electron chi connectivity index (χ3n) is 10.9. The number of benzene rings is 1. The largest absolute Gasteiger partial charge is 0.475 e. The van der Waals surface area contributed by atoms with Crippen LogP contribution in [0, 0.1) is 11.3 Å². The van der Waals surface area contributed by atoms with Gasteiger partial charge in [0.2, 0.25) is 0 Å². The average molecular weight is 935 g/mol. The summed E-state index contributed by atoms with van der Waals surface area (Å²) in [5.41, 5.74) is -0.143. The van der Waals surface area contributed by atoms with E-state index in [4.69, 9.17) is 32.0 Å². The number of carbonyl (C=O) groups is 1. The molecule has 0 spiro atoms. The summed E-state index contributed by atoms with van der Waals surface area (Å²) in [6.45, 7) is 7.70. The topological polar surface area (TPSA) is 299 Å².